The average molecular weight is 283 g/mol. The molecule has 4 nitrogen and oxygen atoms in total. The van der Waals surface area contributed by atoms with Crippen LogP contribution in [0.15, 0.2) is 0 Å². The third kappa shape index (κ3) is 3.73. The molecule has 116 valence electrons. The fraction of sp³-hybridized carbons (Fsp3) is 0.938. The Labute approximate surface area is 122 Å². The van der Waals surface area contributed by atoms with Gasteiger partial charge >= 0.3 is 5.97 Å². The van der Waals surface area contributed by atoms with E-state index in [1.807, 2.05) is 13.8 Å². The molecule has 2 aliphatic carbocycles. The third-order valence-corrected chi connectivity index (χ3v) is 4.75. The van der Waals surface area contributed by atoms with E-state index in [2.05, 4.69) is 5.32 Å². The van der Waals surface area contributed by atoms with Crippen molar-refractivity contribution in [2.24, 2.45) is 5.92 Å². The summed E-state index contributed by atoms with van der Waals surface area (Å²) in [6.45, 7) is 5.97. The Kier molecular flexibility index (Phi) is 5.85. The zero-order valence-corrected chi connectivity index (χ0v) is 13.0. The maximum Gasteiger partial charge on any atom is 0.326 e. The lowest BCUT2D eigenvalue weighted by Crippen LogP contribution is -2.51. The lowest BCUT2D eigenvalue weighted by atomic mass is 9.83. The van der Waals surface area contributed by atoms with Gasteiger partial charge in [-0.3, -0.25) is 4.79 Å². The molecule has 2 saturated carbocycles. The summed E-state index contributed by atoms with van der Waals surface area (Å²) >= 11 is 0. The minimum atomic E-state index is -0.508. The molecule has 1 N–H and O–H groups in total. The summed E-state index contributed by atoms with van der Waals surface area (Å²) in [7, 11) is 0. The van der Waals surface area contributed by atoms with Crippen molar-refractivity contribution in [1.29, 1.82) is 0 Å². The summed E-state index contributed by atoms with van der Waals surface area (Å²) in [4.78, 5) is 12.2. The lowest BCUT2D eigenvalue weighted by molar-refractivity contribution is -0.151. The SMILES string of the molecule is CCNC1(C(=O)OCC)CCC(OCCC2CCC2)C1. The van der Waals surface area contributed by atoms with E-state index in [0.29, 0.717) is 6.61 Å². The number of hydrogen-bond acceptors (Lipinski definition) is 4. The van der Waals surface area contributed by atoms with Gasteiger partial charge in [-0.25, -0.2) is 0 Å². The molecule has 0 aromatic rings. The second-order valence-electron chi connectivity index (χ2n) is 6.15. The van der Waals surface area contributed by atoms with Crippen LogP contribution in [-0.2, 0) is 14.3 Å². The Morgan fingerprint density at radius 3 is 2.70 bits per heavy atom. The topological polar surface area (TPSA) is 47.6 Å². The predicted molar refractivity (Wildman–Crippen MR) is 78.6 cm³/mol. The monoisotopic (exact) mass is 283 g/mol. The Bertz CT molecular complexity index is 317. The fourth-order valence-electron chi connectivity index (χ4n) is 3.35. The van der Waals surface area contributed by atoms with Crippen molar-refractivity contribution in [1.82, 2.24) is 5.32 Å². The van der Waals surface area contributed by atoms with E-state index in [4.69, 9.17) is 9.47 Å². The fourth-order valence-corrected chi connectivity index (χ4v) is 3.35. The van der Waals surface area contributed by atoms with Crippen LogP contribution >= 0.6 is 0 Å². The van der Waals surface area contributed by atoms with Gasteiger partial charge in [-0.2, -0.15) is 0 Å². The zero-order chi connectivity index (χ0) is 14.4. The van der Waals surface area contributed by atoms with E-state index < -0.39 is 5.54 Å². The van der Waals surface area contributed by atoms with Crippen LogP contribution < -0.4 is 5.32 Å². The van der Waals surface area contributed by atoms with Gasteiger partial charge in [0.25, 0.3) is 0 Å². The van der Waals surface area contributed by atoms with Crippen LogP contribution in [0.1, 0.15) is 58.8 Å². The van der Waals surface area contributed by atoms with Crippen LogP contribution in [0.25, 0.3) is 0 Å². The molecule has 0 bridgehead atoms. The van der Waals surface area contributed by atoms with Crippen LogP contribution in [0.3, 0.4) is 0 Å². The predicted octanol–water partition coefficient (Wildman–Crippen LogP) is 2.66. The molecule has 0 spiro atoms. The first kappa shape index (κ1) is 15.8. The first-order valence-corrected chi connectivity index (χ1v) is 8.24. The first-order valence-electron chi connectivity index (χ1n) is 8.24. The average Bonchev–Trinajstić information content (AvgIpc) is 2.78. The molecular weight excluding hydrogens is 254 g/mol. The van der Waals surface area contributed by atoms with Gasteiger partial charge in [0.1, 0.15) is 5.54 Å². The van der Waals surface area contributed by atoms with E-state index in [1.165, 1.54) is 25.7 Å². The molecule has 20 heavy (non-hydrogen) atoms. The summed E-state index contributed by atoms with van der Waals surface area (Å²) in [5, 5.41) is 3.34. The molecule has 0 aromatic heterocycles. The van der Waals surface area contributed by atoms with E-state index in [-0.39, 0.29) is 12.1 Å². The summed E-state index contributed by atoms with van der Waals surface area (Å²) in [6, 6.07) is 0. The normalized spacial score (nSPS) is 30.2. The summed E-state index contributed by atoms with van der Waals surface area (Å²) in [6.07, 6.45) is 8.06. The highest BCUT2D eigenvalue weighted by Gasteiger charge is 2.46. The number of nitrogens with one attached hydrogen (secondary N) is 1. The second-order valence-corrected chi connectivity index (χ2v) is 6.15. The van der Waals surface area contributed by atoms with Crippen LogP contribution in [0, 0.1) is 5.92 Å². The van der Waals surface area contributed by atoms with Gasteiger partial charge in [-0.15, -0.1) is 0 Å². The van der Waals surface area contributed by atoms with Crippen LogP contribution in [0.5, 0.6) is 0 Å². The molecule has 2 atom stereocenters. The summed E-state index contributed by atoms with van der Waals surface area (Å²) in [5.74, 6) is 0.784. The minimum absolute atomic E-state index is 0.105. The third-order valence-electron chi connectivity index (χ3n) is 4.75. The Morgan fingerprint density at radius 2 is 2.10 bits per heavy atom. The molecule has 0 heterocycles. The molecule has 2 fully saturated rings. The molecule has 0 saturated heterocycles. The standard InChI is InChI=1S/C16H29NO3/c1-3-17-16(15(18)19-4-2)10-8-14(12-16)20-11-9-13-6-5-7-13/h13-14,17H,3-12H2,1-2H3. The van der Waals surface area contributed by atoms with E-state index in [9.17, 15) is 4.79 Å². The number of carbonyl (C=O) groups excluding carboxylic acids is 1. The van der Waals surface area contributed by atoms with Crippen molar-refractivity contribution < 1.29 is 14.3 Å². The van der Waals surface area contributed by atoms with E-state index in [1.54, 1.807) is 0 Å². The van der Waals surface area contributed by atoms with Crippen LogP contribution in [0.2, 0.25) is 0 Å². The van der Waals surface area contributed by atoms with Gasteiger partial charge in [-0.1, -0.05) is 26.2 Å². The van der Waals surface area contributed by atoms with Crippen molar-refractivity contribution in [2.75, 3.05) is 19.8 Å². The highest BCUT2D eigenvalue weighted by atomic mass is 16.5. The maximum absolute atomic E-state index is 12.2. The Hall–Kier alpha value is -0.610. The molecular formula is C16H29NO3. The van der Waals surface area contributed by atoms with Gasteiger partial charge in [0.2, 0.25) is 0 Å². The zero-order valence-electron chi connectivity index (χ0n) is 13.0. The van der Waals surface area contributed by atoms with Gasteiger partial charge < -0.3 is 14.8 Å². The molecule has 0 amide bonds. The number of rotatable bonds is 8. The molecule has 0 radical (unpaired) electrons. The van der Waals surface area contributed by atoms with Crippen LogP contribution in [0.4, 0.5) is 0 Å². The van der Waals surface area contributed by atoms with Gasteiger partial charge in [-0.05, 0) is 38.6 Å². The smallest absolute Gasteiger partial charge is 0.326 e. The van der Waals surface area contributed by atoms with Crippen LogP contribution in [-0.4, -0.2) is 37.4 Å². The molecule has 2 unspecified atom stereocenters. The molecule has 0 aliphatic heterocycles. The van der Waals surface area contributed by atoms with Gasteiger partial charge in [0.05, 0.1) is 12.7 Å². The first-order chi connectivity index (χ1) is 9.70. The number of carbonyl (C=O) groups is 1. The number of esters is 1. The molecule has 0 aromatic carbocycles. The number of ether oxygens (including phenoxy) is 2. The van der Waals surface area contributed by atoms with Crippen molar-refractivity contribution in [3.8, 4) is 0 Å². The van der Waals surface area contributed by atoms with Crippen molar-refractivity contribution in [3.63, 3.8) is 0 Å². The number of hydrogen-bond donors (Lipinski definition) is 1. The maximum atomic E-state index is 12.2. The summed E-state index contributed by atoms with van der Waals surface area (Å²) < 4.78 is 11.2. The summed E-state index contributed by atoms with van der Waals surface area (Å²) in [5.41, 5.74) is -0.508. The van der Waals surface area contributed by atoms with Crippen molar-refractivity contribution >= 4 is 5.97 Å². The second kappa shape index (κ2) is 7.41. The van der Waals surface area contributed by atoms with Gasteiger partial charge in [0, 0.05) is 13.0 Å². The Morgan fingerprint density at radius 1 is 1.30 bits per heavy atom. The minimum Gasteiger partial charge on any atom is -0.465 e. The quantitative estimate of drug-likeness (QED) is 0.696. The number of likely N-dealkylation sites (N-methyl/N-ethyl adjacent to an activating group) is 1. The molecule has 2 aliphatic rings. The largest absolute Gasteiger partial charge is 0.465 e. The molecule has 2 rings (SSSR count). The highest BCUT2D eigenvalue weighted by Crippen LogP contribution is 2.34. The van der Waals surface area contributed by atoms with E-state index in [0.717, 1.165) is 38.3 Å². The molecule has 4 heteroatoms. The highest BCUT2D eigenvalue weighted by molar-refractivity contribution is 5.81. The van der Waals surface area contributed by atoms with E-state index >= 15 is 0 Å². The van der Waals surface area contributed by atoms with Crippen molar-refractivity contribution in [3.05, 3.63) is 0 Å². The van der Waals surface area contributed by atoms with Gasteiger partial charge in [0.15, 0.2) is 0 Å². The van der Waals surface area contributed by atoms with Crippen molar-refractivity contribution in [2.45, 2.75) is 70.4 Å². The lowest BCUT2D eigenvalue weighted by Gasteiger charge is -2.28. The Balaban J connectivity index is 1.78.